The van der Waals surface area contributed by atoms with Crippen LogP contribution in [0.1, 0.15) is 82.8 Å². The van der Waals surface area contributed by atoms with E-state index < -0.39 is 6.04 Å². The smallest absolute Gasteiger partial charge is 0.274 e. The van der Waals surface area contributed by atoms with Gasteiger partial charge in [-0.1, -0.05) is 93.4 Å². The van der Waals surface area contributed by atoms with Gasteiger partial charge in [-0.3, -0.25) is 14.4 Å². The number of hydrogen-bond acceptors (Lipinski definition) is 5. The van der Waals surface area contributed by atoms with Crippen molar-refractivity contribution in [3.63, 3.8) is 0 Å². The van der Waals surface area contributed by atoms with Crippen LogP contribution in [0.2, 0.25) is 0 Å². The summed E-state index contributed by atoms with van der Waals surface area (Å²) in [6, 6.07) is 28.4. The fourth-order valence-electron chi connectivity index (χ4n) is 6.94. The molecule has 6 rings (SSSR count). The third-order valence-corrected chi connectivity index (χ3v) is 9.75. The Morgan fingerprint density at radius 2 is 1.59 bits per heavy atom. The third kappa shape index (κ3) is 7.89. The Balaban J connectivity index is 1.35. The minimum atomic E-state index is -0.425. The quantitative estimate of drug-likeness (QED) is 0.137. The van der Waals surface area contributed by atoms with Crippen LogP contribution in [0.25, 0.3) is 16.5 Å². The Bertz CT molecular complexity index is 2020. The summed E-state index contributed by atoms with van der Waals surface area (Å²) in [6.07, 6.45) is 4.47. The lowest BCUT2D eigenvalue weighted by Crippen LogP contribution is -2.46. The van der Waals surface area contributed by atoms with Gasteiger partial charge >= 0.3 is 0 Å². The van der Waals surface area contributed by atoms with Crippen LogP contribution in [0.3, 0.4) is 0 Å². The number of aliphatic hydroxyl groups excluding tert-OH is 1. The second-order valence-corrected chi connectivity index (χ2v) is 13.4. The Labute approximate surface area is 299 Å². The number of aromatic nitrogens is 2. The summed E-state index contributed by atoms with van der Waals surface area (Å²) < 4.78 is 1.64. The Morgan fingerprint density at radius 3 is 2.33 bits per heavy atom. The topological polar surface area (TPSA) is 108 Å². The summed E-state index contributed by atoms with van der Waals surface area (Å²) in [5.41, 5.74) is 5.35. The monoisotopic (exact) mass is 685 g/mol. The van der Waals surface area contributed by atoms with Crippen molar-refractivity contribution >= 4 is 34.2 Å². The maximum atomic E-state index is 14.6. The molecule has 9 nitrogen and oxygen atoms in total. The minimum absolute atomic E-state index is 0.128. The zero-order chi connectivity index (χ0) is 35.9. The van der Waals surface area contributed by atoms with Crippen LogP contribution < -0.4 is 5.32 Å². The molecule has 2 heterocycles. The van der Waals surface area contributed by atoms with Crippen molar-refractivity contribution in [3.05, 3.63) is 125 Å². The fourth-order valence-corrected chi connectivity index (χ4v) is 6.94. The van der Waals surface area contributed by atoms with Gasteiger partial charge in [0.1, 0.15) is 0 Å². The summed E-state index contributed by atoms with van der Waals surface area (Å²) >= 11 is 0. The maximum absolute atomic E-state index is 14.6. The zero-order valence-corrected chi connectivity index (χ0v) is 29.8. The first-order valence-electron chi connectivity index (χ1n) is 18.1. The molecule has 0 spiro atoms. The van der Waals surface area contributed by atoms with Crippen LogP contribution in [-0.4, -0.2) is 68.1 Å². The number of unbranched alkanes of at least 4 members (excludes halogenated alkanes) is 2. The van der Waals surface area contributed by atoms with Gasteiger partial charge in [-0.2, -0.15) is 5.10 Å². The number of aliphatic hydroxyl groups is 1. The molecular weight excluding hydrogens is 638 g/mol. The van der Waals surface area contributed by atoms with Gasteiger partial charge < -0.3 is 20.2 Å². The molecule has 0 saturated heterocycles. The van der Waals surface area contributed by atoms with E-state index in [2.05, 4.69) is 19.2 Å². The molecule has 1 aliphatic heterocycles. The molecule has 0 fully saturated rings. The second kappa shape index (κ2) is 16.2. The first-order valence-corrected chi connectivity index (χ1v) is 18.1. The SMILES string of the molecule is CCCCN(CCCC)C(=O)c1cc(C)n(-c2ccc(NC(=O)Cc3cccc4ccccc34)cc2C(=O)N2Cc3ccccc3CC2CO)n1. The van der Waals surface area contributed by atoms with Gasteiger partial charge in [0.15, 0.2) is 5.69 Å². The molecule has 0 bridgehead atoms. The van der Waals surface area contributed by atoms with E-state index in [0.29, 0.717) is 54.4 Å². The number of anilines is 1. The number of nitrogens with one attached hydrogen (secondary N) is 1. The summed E-state index contributed by atoms with van der Waals surface area (Å²) in [5, 5.41) is 20.3. The number of benzene rings is 4. The number of carbonyl (C=O) groups is 3. The van der Waals surface area contributed by atoms with Crippen molar-refractivity contribution in [2.45, 2.75) is 71.9 Å². The normalized spacial score (nSPS) is 14.0. The molecule has 2 N–H and O–H groups in total. The molecule has 51 heavy (non-hydrogen) atoms. The van der Waals surface area contributed by atoms with Crippen LogP contribution >= 0.6 is 0 Å². The second-order valence-electron chi connectivity index (χ2n) is 13.4. The molecule has 264 valence electrons. The molecule has 1 atom stereocenters. The highest BCUT2D eigenvalue weighted by Gasteiger charge is 2.32. The number of hydrogen-bond donors (Lipinski definition) is 2. The number of fused-ring (bicyclic) bond motifs is 2. The Hall–Kier alpha value is -5.28. The molecule has 1 aromatic heterocycles. The van der Waals surface area contributed by atoms with E-state index >= 15 is 0 Å². The number of aryl methyl sites for hydroxylation is 1. The predicted octanol–water partition coefficient (Wildman–Crippen LogP) is 7.12. The molecule has 0 saturated carbocycles. The van der Waals surface area contributed by atoms with E-state index in [1.807, 2.05) is 78.6 Å². The summed E-state index contributed by atoms with van der Waals surface area (Å²) in [7, 11) is 0. The fraction of sp³-hybridized carbons (Fsp3) is 0.333. The lowest BCUT2D eigenvalue weighted by Gasteiger charge is -2.36. The van der Waals surface area contributed by atoms with Crippen molar-refractivity contribution < 1.29 is 19.5 Å². The van der Waals surface area contributed by atoms with Crippen LogP contribution in [0.5, 0.6) is 0 Å². The summed E-state index contributed by atoms with van der Waals surface area (Å²) in [4.78, 5) is 45.4. The highest BCUT2D eigenvalue weighted by atomic mass is 16.3. The highest BCUT2D eigenvalue weighted by Crippen LogP contribution is 2.29. The lowest BCUT2D eigenvalue weighted by molar-refractivity contribution is -0.115. The van der Waals surface area contributed by atoms with E-state index in [4.69, 9.17) is 5.10 Å². The molecule has 9 heteroatoms. The molecular formula is C42H47N5O4. The molecule has 0 aliphatic carbocycles. The average Bonchev–Trinajstić information content (AvgIpc) is 3.54. The number of carbonyl (C=O) groups excluding carboxylic acids is 3. The van der Waals surface area contributed by atoms with Gasteiger partial charge in [0.2, 0.25) is 5.91 Å². The Kier molecular flexibility index (Phi) is 11.3. The average molecular weight is 686 g/mol. The van der Waals surface area contributed by atoms with E-state index in [-0.39, 0.29) is 30.7 Å². The van der Waals surface area contributed by atoms with Crippen LogP contribution in [-0.2, 0) is 24.2 Å². The molecule has 1 unspecified atom stereocenters. The molecule has 0 radical (unpaired) electrons. The van der Waals surface area contributed by atoms with Crippen molar-refractivity contribution in [1.82, 2.24) is 19.6 Å². The van der Waals surface area contributed by atoms with E-state index in [0.717, 1.165) is 53.1 Å². The van der Waals surface area contributed by atoms with Gasteiger partial charge in [0, 0.05) is 31.0 Å². The van der Waals surface area contributed by atoms with Crippen LogP contribution in [0.15, 0.2) is 91.0 Å². The summed E-state index contributed by atoms with van der Waals surface area (Å²) in [6.45, 7) is 7.56. The van der Waals surface area contributed by atoms with Crippen molar-refractivity contribution in [2.75, 3.05) is 25.0 Å². The van der Waals surface area contributed by atoms with E-state index in [9.17, 15) is 19.5 Å². The summed E-state index contributed by atoms with van der Waals surface area (Å²) in [5.74, 6) is -0.629. The molecule has 4 aromatic carbocycles. The van der Waals surface area contributed by atoms with E-state index in [1.54, 1.807) is 33.8 Å². The molecule has 3 amide bonds. The third-order valence-electron chi connectivity index (χ3n) is 9.75. The first kappa shape index (κ1) is 35.5. The molecule has 1 aliphatic rings. The maximum Gasteiger partial charge on any atom is 0.274 e. The molecule has 5 aromatic rings. The number of amides is 3. The first-order chi connectivity index (χ1) is 24.8. The van der Waals surface area contributed by atoms with Gasteiger partial charge in [0.05, 0.1) is 30.3 Å². The Morgan fingerprint density at radius 1 is 0.882 bits per heavy atom. The largest absolute Gasteiger partial charge is 0.394 e. The standard InChI is InChI=1S/C42H47N5O4/c1-4-6-21-45(22-7-5-2)42(51)38-23-29(3)47(44-38)39-20-19-34(43-40(49)25-32-17-12-16-30-13-10-11-18-36(30)32)26-37(39)41(50)46-27-33-15-9-8-14-31(33)24-35(46)28-48/h8-20,23,26,35,48H,4-7,21-22,24-25,27-28H2,1-3H3,(H,43,49). The number of rotatable bonds is 13. The predicted molar refractivity (Wildman–Crippen MR) is 201 cm³/mol. The minimum Gasteiger partial charge on any atom is -0.394 e. The van der Waals surface area contributed by atoms with Crippen molar-refractivity contribution in [1.29, 1.82) is 0 Å². The zero-order valence-electron chi connectivity index (χ0n) is 29.8. The highest BCUT2D eigenvalue weighted by molar-refractivity contribution is 6.01. The van der Waals surface area contributed by atoms with Gasteiger partial charge in [-0.05, 0) is 77.9 Å². The van der Waals surface area contributed by atoms with Gasteiger partial charge in [-0.15, -0.1) is 0 Å². The number of nitrogens with zero attached hydrogens (tertiary/aromatic N) is 4. The van der Waals surface area contributed by atoms with E-state index in [1.165, 1.54) is 0 Å². The van der Waals surface area contributed by atoms with Gasteiger partial charge in [-0.25, -0.2) is 4.68 Å². The van der Waals surface area contributed by atoms with Gasteiger partial charge in [0.25, 0.3) is 11.8 Å². The van der Waals surface area contributed by atoms with Crippen LogP contribution in [0.4, 0.5) is 5.69 Å². The van der Waals surface area contributed by atoms with Crippen LogP contribution in [0, 0.1) is 6.92 Å². The van der Waals surface area contributed by atoms with Crippen molar-refractivity contribution in [2.24, 2.45) is 0 Å². The van der Waals surface area contributed by atoms with Crippen molar-refractivity contribution in [3.8, 4) is 5.69 Å². The lowest BCUT2D eigenvalue weighted by atomic mass is 9.93.